The molecular formula is C13H13N3O3. The van der Waals surface area contributed by atoms with Crippen LogP contribution in [-0.2, 0) is 7.05 Å². The molecule has 1 amide bonds. The van der Waals surface area contributed by atoms with Crippen molar-refractivity contribution in [2.75, 3.05) is 11.9 Å². The van der Waals surface area contributed by atoms with E-state index in [0.29, 0.717) is 5.69 Å². The van der Waals surface area contributed by atoms with Crippen LogP contribution in [0.2, 0.25) is 0 Å². The minimum atomic E-state index is -1.07. The van der Waals surface area contributed by atoms with E-state index in [4.69, 9.17) is 5.11 Å². The highest BCUT2D eigenvalue weighted by Crippen LogP contribution is 2.20. The van der Waals surface area contributed by atoms with Crippen molar-refractivity contribution in [3.05, 3.63) is 48.0 Å². The summed E-state index contributed by atoms with van der Waals surface area (Å²) in [6.07, 6.45) is 3.10. The Labute approximate surface area is 109 Å². The van der Waals surface area contributed by atoms with E-state index < -0.39 is 5.97 Å². The van der Waals surface area contributed by atoms with Crippen molar-refractivity contribution in [1.29, 1.82) is 0 Å². The average molecular weight is 259 g/mol. The molecule has 0 radical (unpaired) electrons. The summed E-state index contributed by atoms with van der Waals surface area (Å²) < 4.78 is 1.66. The van der Waals surface area contributed by atoms with Gasteiger partial charge in [-0.25, -0.2) is 9.78 Å². The van der Waals surface area contributed by atoms with Gasteiger partial charge in [-0.15, -0.1) is 0 Å². The maximum absolute atomic E-state index is 12.2. The predicted octanol–water partition coefficient (Wildman–Crippen LogP) is 1.39. The van der Waals surface area contributed by atoms with Crippen molar-refractivity contribution in [2.24, 2.45) is 7.05 Å². The molecular weight excluding hydrogens is 246 g/mol. The van der Waals surface area contributed by atoms with E-state index in [1.165, 1.54) is 24.3 Å². The Morgan fingerprint density at radius 3 is 2.58 bits per heavy atom. The van der Waals surface area contributed by atoms with Crippen LogP contribution in [0.25, 0.3) is 0 Å². The Morgan fingerprint density at radius 1 is 1.32 bits per heavy atom. The van der Waals surface area contributed by atoms with Crippen LogP contribution in [0.4, 0.5) is 5.69 Å². The highest BCUT2D eigenvalue weighted by Gasteiger charge is 2.20. The van der Waals surface area contributed by atoms with Crippen molar-refractivity contribution in [2.45, 2.75) is 0 Å². The average Bonchev–Trinajstić information content (AvgIpc) is 2.83. The maximum atomic E-state index is 12.2. The van der Waals surface area contributed by atoms with Crippen LogP contribution in [0, 0.1) is 0 Å². The molecule has 2 aromatic rings. The van der Waals surface area contributed by atoms with Crippen LogP contribution in [0.5, 0.6) is 0 Å². The van der Waals surface area contributed by atoms with Crippen LogP contribution in [0.15, 0.2) is 36.8 Å². The number of amides is 1. The number of rotatable bonds is 3. The SMILES string of the molecule is CN(C(=O)c1cn(C)cn1)c1ccccc1C(=O)O. The largest absolute Gasteiger partial charge is 0.478 e. The number of nitrogens with zero attached hydrogens (tertiary/aromatic N) is 3. The fraction of sp³-hybridized carbons (Fsp3) is 0.154. The van der Waals surface area contributed by atoms with E-state index in [1.54, 1.807) is 36.0 Å². The number of aromatic carboxylic acids is 1. The lowest BCUT2D eigenvalue weighted by atomic mass is 10.1. The lowest BCUT2D eigenvalue weighted by Gasteiger charge is -2.18. The molecule has 6 nitrogen and oxygen atoms in total. The molecule has 98 valence electrons. The summed E-state index contributed by atoms with van der Waals surface area (Å²) in [5.74, 6) is -1.43. The normalized spacial score (nSPS) is 10.2. The summed E-state index contributed by atoms with van der Waals surface area (Å²) >= 11 is 0. The third-order valence-electron chi connectivity index (χ3n) is 2.72. The number of carboxylic acid groups (broad SMARTS) is 1. The number of hydrogen-bond donors (Lipinski definition) is 1. The molecule has 0 aliphatic carbocycles. The molecule has 0 bridgehead atoms. The van der Waals surface area contributed by atoms with E-state index in [-0.39, 0.29) is 17.2 Å². The quantitative estimate of drug-likeness (QED) is 0.903. The van der Waals surface area contributed by atoms with E-state index in [9.17, 15) is 9.59 Å². The van der Waals surface area contributed by atoms with Gasteiger partial charge in [-0.3, -0.25) is 4.79 Å². The smallest absolute Gasteiger partial charge is 0.337 e. The van der Waals surface area contributed by atoms with Gasteiger partial charge < -0.3 is 14.6 Å². The number of aromatic nitrogens is 2. The van der Waals surface area contributed by atoms with Crippen molar-refractivity contribution in [3.63, 3.8) is 0 Å². The minimum Gasteiger partial charge on any atom is -0.478 e. The zero-order valence-electron chi connectivity index (χ0n) is 10.6. The van der Waals surface area contributed by atoms with Gasteiger partial charge in [-0.2, -0.15) is 0 Å². The molecule has 0 aliphatic rings. The number of para-hydroxylation sites is 1. The van der Waals surface area contributed by atoms with E-state index >= 15 is 0 Å². The fourth-order valence-electron chi connectivity index (χ4n) is 1.75. The van der Waals surface area contributed by atoms with Gasteiger partial charge in [0.2, 0.25) is 0 Å². The zero-order valence-corrected chi connectivity index (χ0v) is 10.6. The second-order valence-electron chi connectivity index (χ2n) is 4.11. The van der Waals surface area contributed by atoms with Crippen molar-refractivity contribution < 1.29 is 14.7 Å². The molecule has 0 unspecified atom stereocenters. The second-order valence-corrected chi connectivity index (χ2v) is 4.11. The number of hydrogen-bond acceptors (Lipinski definition) is 3. The first-order chi connectivity index (χ1) is 9.00. The van der Waals surface area contributed by atoms with Crippen molar-refractivity contribution >= 4 is 17.6 Å². The Hall–Kier alpha value is -2.63. The van der Waals surface area contributed by atoms with Gasteiger partial charge in [0.05, 0.1) is 17.6 Å². The predicted molar refractivity (Wildman–Crippen MR) is 69.3 cm³/mol. The summed E-state index contributed by atoms with van der Waals surface area (Å²) in [5.41, 5.74) is 0.685. The Bertz CT molecular complexity index is 634. The Kier molecular flexibility index (Phi) is 3.33. The van der Waals surface area contributed by atoms with Crippen LogP contribution < -0.4 is 4.90 Å². The van der Waals surface area contributed by atoms with Gasteiger partial charge >= 0.3 is 5.97 Å². The second kappa shape index (κ2) is 4.93. The first kappa shape index (κ1) is 12.8. The van der Waals surface area contributed by atoms with E-state index in [0.717, 1.165) is 0 Å². The summed E-state index contributed by atoms with van der Waals surface area (Å²) in [6, 6.07) is 6.35. The standard InChI is InChI=1S/C13H13N3O3/c1-15-7-10(14-8-15)12(17)16(2)11-6-4-3-5-9(11)13(18)19/h3-8H,1-2H3,(H,18,19). The summed E-state index contributed by atoms with van der Waals surface area (Å²) in [7, 11) is 3.29. The van der Waals surface area contributed by atoms with Crippen LogP contribution >= 0.6 is 0 Å². The number of imidazole rings is 1. The monoisotopic (exact) mass is 259 g/mol. The lowest BCUT2D eigenvalue weighted by molar-refractivity contribution is 0.0697. The molecule has 19 heavy (non-hydrogen) atoms. The molecule has 0 fully saturated rings. The molecule has 1 aromatic heterocycles. The molecule has 2 rings (SSSR count). The number of carboxylic acids is 1. The van der Waals surface area contributed by atoms with Crippen molar-refractivity contribution in [1.82, 2.24) is 9.55 Å². The first-order valence-electron chi connectivity index (χ1n) is 5.59. The third kappa shape index (κ3) is 2.47. The van der Waals surface area contributed by atoms with Crippen molar-refractivity contribution in [3.8, 4) is 0 Å². The maximum Gasteiger partial charge on any atom is 0.337 e. The number of anilines is 1. The van der Waals surface area contributed by atoms with Gasteiger partial charge in [-0.1, -0.05) is 12.1 Å². The lowest BCUT2D eigenvalue weighted by Crippen LogP contribution is -2.28. The molecule has 0 saturated carbocycles. The van der Waals surface area contributed by atoms with Gasteiger partial charge in [0.1, 0.15) is 5.69 Å². The molecule has 6 heteroatoms. The zero-order chi connectivity index (χ0) is 14.0. The summed E-state index contributed by atoms with van der Waals surface area (Å²) in [5, 5.41) is 9.11. The van der Waals surface area contributed by atoms with Gasteiger partial charge in [0.25, 0.3) is 5.91 Å². The van der Waals surface area contributed by atoms with Gasteiger partial charge in [0, 0.05) is 20.3 Å². The third-order valence-corrected chi connectivity index (χ3v) is 2.72. The van der Waals surface area contributed by atoms with Crippen LogP contribution in [0.1, 0.15) is 20.8 Å². The first-order valence-corrected chi connectivity index (χ1v) is 5.59. The minimum absolute atomic E-state index is 0.0780. The van der Waals surface area contributed by atoms with E-state index in [1.807, 2.05) is 0 Å². The number of benzene rings is 1. The van der Waals surface area contributed by atoms with Crippen LogP contribution in [0.3, 0.4) is 0 Å². The Morgan fingerprint density at radius 2 is 2.00 bits per heavy atom. The van der Waals surface area contributed by atoms with E-state index in [2.05, 4.69) is 4.98 Å². The highest BCUT2D eigenvalue weighted by molar-refractivity contribution is 6.07. The number of carbonyl (C=O) groups excluding carboxylic acids is 1. The topological polar surface area (TPSA) is 75.4 Å². The molecule has 1 N–H and O–H groups in total. The molecule has 0 saturated heterocycles. The van der Waals surface area contributed by atoms with Gasteiger partial charge in [0.15, 0.2) is 0 Å². The van der Waals surface area contributed by atoms with Gasteiger partial charge in [-0.05, 0) is 12.1 Å². The molecule has 0 atom stereocenters. The van der Waals surface area contributed by atoms with Crippen LogP contribution in [-0.4, -0.2) is 33.6 Å². The fourth-order valence-corrected chi connectivity index (χ4v) is 1.75. The molecule has 0 aliphatic heterocycles. The highest BCUT2D eigenvalue weighted by atomic mass is 16.4. The summed E-state index contributed by atoms with van der Waals surface area (Å²) in [4.78, 5) is 28.6. The Balaban J connectivity index is 2.37. The summed E-state index contributed by atoms with van der Waals surface area (Å²) in [6.45, 7) is 0. The number of aryl methyl sites for hydroxylation is 1. The molecule has 0 spiro atoms. The molecule has 1 aromatic carbocycles. The molecule has 1 heterocycles. The number of carbonyl (C=O) groups is 2.